The van der Waals surface area contributed by atoms with Crippen LogP contribution in [0.5, 0.6) is 0 Å². The molecule has 0 saturated carbocycles. The molecule has 76 valence electrons. The molecule has 1 rings (SSSR count). The van der Waals surface area contributed by atoms with Gasteiger partial charge >= 0.3 is 0 Å². The van der Waals surface area contributed by atoms with Gasteiger partial charge in [-0.3, -0.25) is 10.2 Å². The van der Waals surface area contributed by atoms with Crippen LogP contribution in [0.2, 0.25) is 0 Å². The van der Waals surface area contributed by atoms with Crippen LogP contribution in [0, 0.1) is 12.7 Å². The number of nitrogens with one attached hydrogen (secondary N) is 1. The molecule has 0 spiro atoms. The van der Waals surface area contributed by atoms with Crippen molar-refractivity contribution in [2.24, 2.45) is 11.6 Å². The molecule has 0 aromatic heterocycles. The van der Waals surface area contributed by atoms with E-state index in [0.717, 1.165) is 0 Å². The Morgan fingerprint density at radius 3 is 2.71 bits per heavy atom. The van der Waals surface area contributed by atoms with E-state index in [9.17, 15) is 9.18 Å². The number of nitrogens with two attached hydrogens (primary N) is 2. The maximum Gasteiger partial charge on any atom is 0.255 e. The van der Waals surface area contributed by atoms with E-state index in [-0.39, 0.29) is 5.82 Å². The van der Waals surface area contributed by atoms with Gasteiger partial charge in [-0.05, 0) is 24.1 Å². The van der Waals surface area contributed by atoms with Gasteiger partial charge in [0.05, 0.1) is 0 Å². The average Bonchev–Trinajstić information content (AvgIpc) is 2.20. The first-order chi connectivity index (χ1) is 6.56. The number of amides is 1. The molecule has 0 heterocycles. The Balaban J connectivity index is 2.96. The van der Waals surface area contributed by atoms with Crippen molar-refractivity contribution in [1.82, 2.24) is 5.43 Å². The third-order valence-corrected chi connectivity index (χ3v) is 1.97. The summed E-state index contributed by atoms with van der Waals surface area (Å²) in [5.74, 6) is 4.10. The zero-order valence-electron chi connectivity index (χ0n) is 7.75. The fourth-order valence-corrected chi connectivity index (χ4v) is 1.10. The summed E-state index contributed by atoms with van der Waals surface area (Å²) in [6, 6.07) is 3.39. The summed E-state index contributed by atoms with van der Waals surface area (Å²) in [4.78, 5) is 11.1. The Morgan fingerprint density at radius 2 is 2.21 bits per heavy atom. The van der Waals surface area contributed by atoms with Crippen LogP contribution in [0.3, 0.4) is 0 Å². The Labute approximate surface area is 81.1 Å². The van der Waals surface area contributed by atoms with Crippen LogP contribution in [0.15, 0.2) is 18.2 Å². The second-order valence-electron chi connectivity index (χ2n) is 2.99. The van der Waals surface area contributed by atoms with Crippen LogP contribution in [-0.2, 0) is 4.79 Å². The van der Waals surface area contributed by atoms with Gasteiger partial charge < -0.3 is 5.73 Å². The van der Waals surface area contributed by atoms with Crippen molar-refractivity contribution in [3.05, 3.63) is 35.1 Å². The van der Waals surface area contributed by atoms with Gasteiger partial charge in [0.15, 0.2) is 0 Å². The Morgan fingerprint density at radius 1 is 1.57 bits per heavy atom. The maximum absolute atomic E-state index is 12.9. The van der Waals surface area contributed by atoms with Gasteiger partial charge in [-0.15, -0.1) is 0 Å². The third-order valence-electron chi connectivity index (χ3n) is 1.97. The topological polar surface area (TPSA) is 81.1 Å². The summed E-state index contributed by atoms with van der Waals surface area (Å²) in [5, 5.41) is 0. The minimum atomic E-state index is -0.862. The van der Waals surface area contributed by atoms with Crippen LogP contribution >= 0.6 is 0 Å². The molecule has 0 fully saturated rings. The predicted octanol–water partition coefficient (Wildman–Crippen LogP) is 0.124. The number of hydrazine groups is 1. The molecule has 0 bridgehead atoms. The zero-order chi connectivity index (χ0) is 10.7. The number of carbonyl (C=O) groups is 1. The average molecular weight is 197 g/mol. The first-order valence-electron chi connectivity index (χ1n) is 4.08. The van der Waals surface area contributed by atoms with Gasteiger partial charge in [-0.1, -0.05) is 12.1 Å². The highest BCUT2D eigenvalue weighted by atomic mass is 19.1. The normalized spacial score (nSPS) is 12.3. The number of halogens is 1. The molecule has 1 unspecified atom stereocenters. The Hall–Kier alpha value is -1.46. The maximum atomic E-state index is 12.9. The van der Waals surface area contributed by atoms with Crippen LogP contribution in [0.4, 0.5) is 4.39 Å². The molecule has 0 aliphatic heterocycles. The lowest BCUT2D eigenvalue weighted by molar-refractivity contribution is -0.122. The molecule has 0 aliphatic carbocycles. The van der Waals surface area contributed by atoms with E-state index in [2.05, 4.69) is 0 Å². The van der Waals surface area contributed by atoms with Gasteiger partial charge in [-0.2, -0.15) is 0 Å². The molecule has 1 aromatic rings. The summed E-state index contributed by atoms with van der Waals surface area (Å²) in [6.07, 6.45) is 0. The minimum Gasteiger partial charge on any atom is -0.316 e. The first-order valence-corrected chi connectivity index (χ1v) is 4.08. The molecule has 5 N–H and O–H groups in total. The van der Waals surface area contributed by atoms with Gasteiger partial charge in [0.25, 0.3) is 5.91 Å². The summed E-state index contributed by atoms with van der Waals surface area (Å²) < 4.78 is 12.9. The van der Waals surface area contributed by atoms with Crippen LogP contribution in [-0.4, -0.2) is 5.91 Å². The molecule has 4 nitrogen and oxygen atoms in total. The second kappa shape index (κ2) is 4.17. The van der Waals surface area contributed by atoms with E-state index in [1.807, 2.05) is 5.43 Å². The Kier molecular flexibility index (Phi) is 3.16. The molecule has 14 heavy (non-hydrogen) atoms. The standard InChI is InChI=1S/C9H12FN3O/c1-5-4-6(2-3-7(5)10)8(11)9(14)13-12/h2-4,8H,11-12H2,1H3,(H,13,14). The van der Waals surface area contributed by atoms with E-state index < -0.39 is 11.9 Å². The molecule has 1 aromatic carbocycles. The Bertz CT molecular complexity index is 354. The molecule has 0 aliphatic rings. The zero-order valence-corrected chi connectivity index (χ0v) is 7.75. The molecule has 1 atom stereocenters. The predicted molar refractivity (Wildman–Crippen MR) is 50.4 cm³/mol. The SMILES string of the molecule is Cc1cc(C(N)C(=O)NN)ccc1F. The highest BCUT2D eigenvalue weighted by molar-refractivity contribution is 5.82. The van der Waals surface area contributed by atoms with Crippen molar-refractivity contribution >= 4 is 5.91 Å². The van der Waals surface area contributed by atoms with E-state index >= 15 is 0 Å². The van der Waals surface area contributed by atoms with Crippen molar-refractivity contribution in [3.63, 3.8) is 0 Å². The fraction of sp³-hybridized carbons (Fsp3) is 0.222. The number of aryl methyl sites for hydroxylation is 1. The summed E-state index contributed by atoms with van der Waals surface area (Å²) in [5.41, 5.74) is 8.47. The van der Waals surface area contributed by atoms with Crippen LogP contribution in [0.25, 0.3) is 0 Å². The molecule has 0 radical (unpaired) electrons. The van der Waals surface area contributed by atoms with E-state index in [1.165, 1.54) is 18.2 Å². The van der Waals surface area contributed by atoms with E-state index in [1.54, 1.807) is 6.92 Å². The lowest BCUT2D eigenvalue weighted by Crippen LogP contribution is -2.38. The number of hydrogen-bond donors (Lipinski definition) is 3. The summed E-state index contributed by atoms with van der Waals surface area (Å²) in [6.45, 7) is 1.60. The fourth-order valence-electron chi connectivity index (χ4n) is 1.10. The first kappa shape index (κ1) is 10.6. The number of carbonyl (C=O) groups excluding carboxylic acids is 1. The van der Waals surface area contributed by atoms with Crippen molar-refractivity contribution < 1.29 is 9.18 Å². The third kappa shape index (κ3) is 2.07. The van der Waals surface area contributed by atoms with Crippen molar-refractivity contribution in [1.29, 1.82) is 0 Å². The lowest BCUT2D eigenvalue weighted by Gasteiger charge is -2.10. The largest absolute Gasteiger partial charge is 0.316 e. The van der Waals surface area contributed by atoms with Crippen molar-refractivity contribution in [2.75, 3.05) is 0 Å². The summed E-state index contributed by atoms with van der Waals surface area (Å²) in [7, 11) is 0. The quantitative estimate of drug-likeness (QED) is 0.358. The highest BCUT2D eigenvalue weighted by Crippen LogP contribution is 2.14. The number of benzene rings is 1. The second-order valence-corrected chi connectivity index (χ2v) is 2.99. The molecule has 0 saturated heterocycles. The number of hydrogen-bond acceptors (Lipinski definition) is 3. The minimum absolute atomic E-state index is 0.325. The highest BCUT2D eigenvalue weighted by Gasteiger charge is 2.14. The molecular weight excluding hydrogens is 185 g/mol. The van der Waals surface area contributed by atoms with Crippen molar-refractivity contribution in [3.8, 4) is 0 Å². The molecule has 1 amide bonds. The van der Waals surface area contributed by atoms with Crippen molar-refractivity contribution in [2.45, 2.75) is 13.0 Å². The smallest absolute Gasteiger partial charge is 0.255 e. The van der Waals surface area contributed by atoms with E-state index in [4.69, 9.17) is 11.6 Å². The van der Waals surface area contributed by atoms with Crippen LogP contribution in [0.1, 0.15) is 17.2 Å². The van der Waals surface area contributed by atoms with Gasteiger partial charge in [0.2, 0.25) is 0 Å². The number of rotatable bonds is 2. The molecule has 5 heteroatoms. The summed E-state index contributed by atoms with van der Waals surface area (Å²) >= 11 is 0. The van der Waals surface area contributed by atoms with Crippen LogP contribution < -0.4 is 17.0 Å². The van der Waals surface area contributed by atoms with Gasteiger partial charge in [0, 0.05) is 0 Å². The van der Waals surface area contributed by atoms with Gasteiger partial charge in [0.1, 0.15) is 11.9 Å². The molecular formula is C9H12FN3O. The van der Waals surface area contributed by atoms with Gasteiger partial charge in [-0.25, -0.2) is 10.2 Å². The monoisotopic (exact) mass is 197 g/mol. The lowest BCUT2D eigenvalue weighted by atomic mass is 10.0. The van der Waals surface area contributed by atoms with E-state index in [0.29, 0.717) is 11.1 Å².